The SMILES string of the molecule is COc1cccc2c1C(O)(c1ccncc1)N(c1ccccc1)C2=O. The van der Waals surface area contributed by atoms with Gasteiger partial charge in [0, 0.05) is 23.6 Å². The van der Waals surface area contributed by atoms with E-state index in [0.29, 0.717) is 28.1 Å². The molecule has 1 aliphatic heterocycles. The van der Waals surface area contributed by atoms with Crippen LogP contribution in [-0.4, -0.2) is 23.1 Å². The van der Waals surface area contributed by atoms with E-state index in [1.165, 1.54) is 12.0 Å². The normalized spacial score (nSPS) is 19.0. The Morgan fingerprint density at radius 3 is 2.40 bits per heavy atom. The lowest BCUT2D eigenvalue weighted by Crippen LogP contribution is -2.45. The third-order valence-corrected chi connectivity index (χ3v) is 4.45. The van der Waals surface area contributed by atoms with Crippen LogP contribution in [0.3, 0.4) is 0 Å². The summed E-state index contributed by atoms with van der Waals surface area (Å²) in [6, 6.07) is 17.7. The third kappa shape index (κ3) is 2.13. The van der Waals surface area contributed by atoms with Gasteiger partial charge < -0.3 is 9.84 Å². The number of amides is 1. The summed E-state index contributed by atoms with van der Waals surface area (Å²) in [5.74, 6) is 0.183. The summed E-state index contributed by atoms with van der Waals surface area (Å²) in [6.07, 6.45) is 3.18. The van der Waals surface area contributed by atoms with Crippen LogP contribution in [0.25, 0.3) is 0 Å². The molecule has 3 aromatic rings. The molecule has 1 amide bonds. The molecule has 1 aliphatic rings. The molecule has 25 heavy (non-hydrogen) atoms. The van der Waals surface area contributed by atoms with Crippen LogP contribution in [0.5, 0.6) is 5.75 Å². The van der Waals surface area contributed by atoms with Gasteiger partial charge in [0.1, 0.15) is 5.75 Å². The first-order valence-electron chi connectivity index (χ1n) is 7.88. The van der Waals surface area contributed by atoms with Crippen LogP contribution in [0, 0.1) is 0 Å². The van der Waals surface area contributed by atoms with Gasteiger partial charge in [0.15, 0.2) is 0 Å². The number of para-hydroxylation sites is 1. The minimum absolute atomic E-state index is 0.278. The second kappa shape index (κ2) is 5.72. The molecule has 0 radical (unpaired) electrons. The van der Waals surface area contributed by atoms with Crippen molar-refractivity contribution in [2.45, 2.75) is 5.72 Å². The summed E-state index contributed by atoms with van der Waals surface area (Å²) < 4.78 is 5.45. The van der Waals surface area contributed by atoms with E-state index in [1.807, 2.05) is 18.2 Å². The molecule has 0 aliphatic carbocycles. The van der Waals surface area contributed by atoms with Crippen molar-refractivity contribution >= 4 is 11.6 Å². The van der Waals surface area contributed by atoms with Crippen LogP contribution in [0.4, 0.5) is 5.69 Å². The average Bonchev–Trinajstić information content (AvgIpc) is 2.92. The Bertz CT molecular complexity index is 928. The molecule has 5 nitrogen and oxygen atoms in total. The van der Waals surface area contributed by atoms with Crippen molar-refractivity contribution in [3.05, 3.63) is 89.7 Å². The number of aromatic nitrogens is 1. The standard InChI is InChI=1S/C20H16N2O3/c1-25-17-9-5-8-16-18(17)20(24,14-10-12-21-13-11-14)22(19(16)23)15-6-3-2-4-7-15/h2-13,24H,1H3. The van der Waals surface area contributed by atoms with Gasteiger partial charge in [0.2, 0.25) is 5.72 Å². The minimum Gasteiger partial charge on any atom is -0.496 e. The number of hydrogen-bond acceptors (Lipinski definition) is 4. The van der Waals surface area contributed by atoms with Gasteiger partial charge in [-0.1, -0.05) is 24.3 Å². The van der Waals surface area contributed by atoms with Crippen LogP contribution in [0.2, 0.25) is 0 Å². The highest BCUT2D eigenvalue weighted by molar-refractivity contribution is 6.13. The van der Waals surface area contributed by atoms with Crippen molar-refractivity contribution in [3.8, 4) is 5.75 Å². The molecule has 0 saturated carbocycles. The highest BCUT2D eigenvalue weighted by atomic mass is 16.5. The van der Waals surface area contributed by atoms with Crippen LogP contribution in [0.15, 0.2) is 73.1 Å². The number of carbonyl (C=O) groups excluding carboxylic acids is 1. The molecule has 0 saturated heterocycles. The van der Waals surface area contributed by atoms with E-state index < -0.39 is 5.72 Å². The zero-order chi connectivity index (χ0) is 17.4. The molecular formula is C20H16N2O3. The molecule has 1 aromatic heterocycles. The Balaban J connectivity index is 2.05. The number of pyridine rings is 1. The Morgan fingerprint density at radius 1 is 1.00 bits per heavy atom. The smallest absolute Gasteiger partial charge is 0.261 e. The maximum absolute atomic E-state index is 13.1. The Morgan fingerprint density at radius 2 is 1.72 bits per heavy atom. The Labute approximate surface area is 145 Å². The third-order valence-electron chi connectivity index (χ3n) is 4.45. The predicted octanol–water partition coefficient (Wildman–Crippen LogP) is 2.94. The molecule has 4 rings (SSSR count). The number of carbonyl (C=O) groups is 1. The number of nitrogens with zero attached hydrogens (tertiary/aromatic N) is 2. The summed E-state index contributed by atoms with van der Waals surface area (Å²) in [5.41, 5.74) is 0.330. The van der Waals surface area contributed by atoms with Crippen LogP contribution in [-0.2, 0) is 5.72 Å². The van der Waals surface area contributed by atoms with Crippen molar-refractivity contribution < 1.29 is 14.6 Å². The second-order valence-electron chi connectivity index (χ2n) is 5.77. The number of hydrogen-bond donors (Lipinski definition) is 1. The summed E-state index contributed by atoms with van der Waals surface area (Å²) in [4.78, 5) is 18.6. The summed E-state index contributed by atoms with van der Waals surface area (Å²) in [5, 5.41) is 11.8. The van der Waals surface area contributed by atoms with E-state index in [9.17, 15) is 9.90 Å². The topological polar surface area (TPSA) is 62.7 Å². The summed E-state index contributed by atoms with van der Waals surface area (Å²) in [7, 11) is 1.53. The lowest BCUT2D eigenvalue weighted by atomic mass is 9.93. The molecule has 124 valence electrons. The minimum atomic E-state index is -1.68. The Hall–Kier alpha value is -3.18. The summed E-state index contributed by atoms with van der Waals surface area (Å²) >= 11 is 0. The van der Waals surface area contributed by atoms with Crippen molar-refractivity contribution in [2.75, 3.05) is 12.0 Å². The largest absolute Gasteiger partial charge is 0.496 e. The van der Waals surface area contributed by atoms with Gasteiger partial charge in [-0.2, -0.15) is 0 Å². The van der Waals surface area contributed by atoms with E-state index >= 15 is 0 Å². The monoisotopic (exact) mass is 332 g/mol. The van der Waals surface area contributed by atoms with Gasteiger partial charge in [-0.25, -0.2) is 0 Å². The molecule has 0 bridgehead atoms. The number of fused-ring (bicyclic) bond motifs is 1. The molecule has 0 spiro atoms. The Kier molecular flexibility index (Phi) is 3.51. The number of ether oxygens (including phenoxy) is 1. The van der Waals surface area contributed by atoms with Crippen LogP contribution >= 0.6 is 0 Å². The predicted molar refractivity (Wildman–Crippen MR) is 93.5 cm³/mol. The fourth-order valence-electron chi connectivity index (χ4n) is 3.36. The lowest BCUT2D eigenvalue weighted by molar-refractivity contribution is 0.0690. The number of rotatable bonds is 3. The van der Waals surface area contributed by atoms with Gasteiger partial charge in [0.05, 0.1) is 18.2 Å². The number of anilines is 1. The fraction of sp³-hybridized carbons (Fsp3) is 0.100. The summed E-state index contributed by atoms with van der Waals surface area (Å²) in [6.45, 7) is 0. The molecule has 1 N–H and O–H groups in total. The molecule has 2 heterocycles. The van der Waals surface area contributed by atoms with Gasteiger partial charge >= 0.3 is 0 Å². The maximum Gasteiger partial charge on any atom is 0.261 e. The first-order valence-corrected chi connectivity index (χ1v) is 7.88. The highest BCUT2D eigenvalue weighted by Crippen LogP contribution is 2.48. The maximum atomic E-state index is 13.1. The van der Waals surface area contributed by atoms with Gasteiger partial charge in [-0.3, -0.25) is 14.7 Å². The van der Waals surface area contributed by atoms with E-state index in [0.717, 1.165) is 0 Å². The molecule has 5 heteroatoms. The van der Waals surface area contributed by atoms with Gasteiger partial charge in [-0.05, 0) is 36.4 Å². The van der Waals surface area contributed by atoms with Crippen molar-refractivity contribution in [2.24, 2.45) is 0 Å². The van der Waals surface area contributed by atoms with E-state index in [2.05, 4.69) is 4.98 Å². The fourth-order valence-corrected chi connectivity index (χ4v) is 3.36. The van der Waals surface area contributed by atoms with Crippen molar-refractivity contribution in [1.29, 1.82) is 0 Å². The lowest BCUT2D eigenvalue weighted by Gasteiger charge is -2.35. The van der Waals surface area contributed by atoms with Gasteiger partial charge in [-0.15, -0.1) is 0 Å². The average molecular weight is 332 g/mol. The first kappa shape index (κ1) is 15.4. The van der Waals surface area contributed by atoms with E-state index in [-0.39, 0.29) is 5.91 Å². The van der Waals surface area contributed by atoms with Crippen molar-refractivity contribution in [1.82, 2.24) is 4.98 Å². The molecule has 1 atom stereocenters. The van der Waals surface area contributed by atoms with Gasteiger partial charge in [0.25, 0.3) is 5.91 Å². The van der Waals surface area contributed by atoms with Crippen LogP contribution in [0.1, 0.15) is 21.5 Å². The number of benzene rings is 2. The molecule has 0 fully saturated rings. The molecular weight excluding hydrogens is 316 g/mol. The highest BCUT2D eigenvalue weighted by Gasteiger charge is 2.52. The number of aliphatic hydroxyl groups is 1. The van der Waals surface area contributed by atoms with Crippen LogP contribution < -0.4 is 9.64 Å². The second-order valence-corrected chi connectivity index (χ2v) is 5.77. The van der Waals surface area contributed by atoms with Crippen molar-refractivity contribution in [3.63, 3.8) is 0 Å². The number of methoxy groups -OCH3 is 1. The molecule has 1 unspecified atom stereocenters. The van der Waals surface area contributed by atoms with E-state index in [1.54, 1.807) is 54.9 Å². The molecule has 2 aromatic carbocycles. The zero-order valence-corrected chi connectivity index (χ0v) is 13.6. The zero-order valence-electron chi connectivity index (χ0n) is 13.6. The quantitative estimate of drug-likeness (QED) is 0.801. The first-order chi connectivity index (χ1) is 12.2. The van der Waals surface area contributed by atoms with E-state index in [4.69, 9.17) is 4.74 Å².